The van der Waals surface area contributed by atoms with Crippen molar-refractivity contribution in [2.45, 2.75) is 20.0 Å². The van der Waals surface area contributed by atoms with Gasteiger partial charge >= 0.3 is 0 Å². The number of rotatable bonds is 5. The van der Waals surface area contributed by atoms with Crippen LogP contribution in [0.15, 0.2) is 42.5 Å². The summed E-state index contributed by atoms with van der Waals surface area (Å²) in [5, 5.41) is 0.418. The van der Waals surface area contributed by atoms with E-state index in [4.69, 9.17) is 17.3 Å². The average molecular weight is 293 g/mol. The van der Waals surface area contributed by atoms with E-state index in [0.717, 1.165) is 17.8 Å². The van der Waals surface area contributed by atoms with Crippen molar-refractivity contribution in [2.24, 2.45) is 0 Å². The fourth-order valence-electron chi connectivity index (χ4n) is 2.09. The van der Waals surface area contributed by atoms with Gasteiger partial charge in [-0.05, 0) is 30.3 Å². The van der Waals surface area contributed by atoms with Crippen LogP contribution in [0.4, 0.5) is 10.1 Å². The van der Waals surface area contributed by atoms with Crippen LogP contribution in [0, 0.1) is 5.82 Å². The van der Waals surface area contributed by atoms with Crippen LogP contribution < -0.4 is 5.73 Å². The summed E-state index contributed by atoms with van der Waals surface area (Å²) in [7, 11) is 0. The first kappa shape index (κ1) is 14.8. The molecule has 0 radical (unpaired) electrons. The van der Waals surface area contributed by atoms with Gasteiger partial charge in [0.15, 0.2) is 0 Å². The third-order valence-electron chi connectivity index (χ3n) is 3.31. The summed E-state index contributed by atoms with van der Waals surface area (Å²) in [6, 6.07) is 12.5. The normalized spacial score (nSPS) is 11.0. The SMILES string of the molecule is CCN(Cc1ccccc1N)Cc1ccc(Cl)cc1F. The van der Waals surface area contributed by atoms with Gasteiger partial charge in [-0.25, -0.2) is 4.39 Å². The molecule has 0 aliphatic rings. The molecule has 2 aromatic carbocycles. The van der Waals surface area contributed by atoms with Crippen LogP contribution in [0.1, 0.15) is 18.1 Å². The first-order valence-electron chi connectivity index (χ1n) is 6.59. The molecule has 0 atom stereocenters. The molecule has 0 amide bonds. The Balaban J connectivity index is 2.11. The van der Waals surface area contributed by atoms with Crippen LogP contribution in [0.25, 0.3) is 0 Å². The first-order chi connectivity index (χ1) is 9.60. The molecule has 20 heavy (non-hydrogen) atoms. The molecule has 4 heteroatoms. The molecule has 0 unspecified atom stereocenters. The second-order valence-corrected chi connectivity index (χ2v) is 5.17. The highest BCUT2D eigenvalue weighted by Gasteiger charge is 2.10. The Bertz CT molecular complexity index is 586. The molecule has 0 saturated carbocycles. The minimum Gasteiger partial charge on any atom is -0.398 e. The summed E-state index contributed by atoms with van der Waals surface area (Å²) < 4.78 is 13.8. The van der Waals surface area contributed by atoms with Crippen molar-refractivity contribution in [1.29, 1.82) is 0 Å². The summed E-state index contributed by atoms with van der Waals surface area (Å²) >= 11 is 5.77. The summed E-state index contributed by atoms with van der Waals surface area (Å²) in [6.45, 7) is 4.10. The number of nitrogens with zero attached hydrogens (tertiary/aromatic N) is 1. The van der Waals surface area contributed by atoms with E-state index in [0.29, 0.717) is 23.7 Å². The monoisotopic (exact) mass is 292 g/mol. The largest absolute Gasteiger partial charge is 0.398 e. The molecular formula is C16H18ClFN2. The minimum atomic E-state index is -0.267. The van der Waals surface area contributed by atoms with Crippen LogP contribution >= 0.6 is 11.6 Å². The van der Waals surface area contributed by atoms with Gasteiger partial charge in [0.2, 0.25) is 0 Å². The smallest absolute Gasteiger partial charge is 0.129 e. The molecule has 0 aromatic heterocycles. The molecular weight excluding hydrogens is 275 g/mol. The molecule has 0 heterocycles. The number of para-hydroxylation sites is 1. The van der Waals surface area contributed by atoms with E-state index in [1.54, 1.807) is 12.1 Å². The van der Waals surface area contributed by atoms with Crippen molar-refractivity contribution in [3.63, 3.8) is 0 Å². The fourth-order valence-corrected chi connectivity index (χ4v) is 2.25. The molecule has 0 saturated heterocycles. The lowest BCUT2D eigenvalue weighted by Crippen LogP contribution is -2.23. The van der Waals surface area contributed by atoms with E-state index in [9.17, 15) is 4.39 Å². The maximum atomic E-state index is 13.8. The number of benzene rings is 2. The van der Waals surface area contributed by atoms with E-state index in [2.05, 4.69) is 4.90 Å². The third kappa shape index (κ3) is 3.71. The zero-order valence-electron chi connectivity index (χ0n) is 11.4. The van der Waals surface area contributed by atoms with E-state index < -0.39 is 0 Å². The predicted molar refractivity (Wildman–Crippen MR) is 82.1 cm³/mol. The van der Waals surface area contributed by atoms with Crippen LogP contribution in [-0.2, 0) is 13.1 Å². The van der Waals surface area contributed by atoms with Gasteiger partial charge in [-0.3, -0.25) is 4.90 Å². The van der Waals surface area contributed by atoms with Gasteiger partial charge in [-0.2, -0.15) is 0 Å². The Hall–Kier alpha value is -1.58. The molecule has 2 rings (SSSR count). The predicted octanol–water partition coefficient (Wildman–Crippen LogP) is 4.08. The molecule has 2 nitrogen and oxygen atoms in total. The Labute approximate surface area is 124 Å². The number of anilines is 1. The zero-order chi connectivity index (χ0) is 14.5. The maximum Gasteiger partial charge on any atom is 0.129 e. The number of nitrogens with two attached hydrogens (primary N) is 1. The van der Waals surface area contributed by atoms with Gasteiger partial charge in [-0.15, -0.1) is 0 Å². The third-order valence-corrected chi connectivity index (χ3v) is 3.54. The number of hydrogen-bond acceptors (Lipinski definition) is 2. The highest BCUT2D eigenvalue weighted by atomic mass is 35.5. The molecule has 0 aliphatic carbocycles. The number of halogens is 2. The zero-order valence-corrected chi connectivity index (χ0v) is 12.2. The Morgan fingerprint density at radius 1 is 1.10 bits per heavy atom. The van der Waals surface area contributed by atoms with E-state index in [1.165, 1.54) is 6.07 Å². The van der Waals surface area contributed by atoms with Crippen molar-refractivity contribution in [3.8, 4) is 0 Å². The Kier molecular flexibility index (Phi) is 4.99. The fraction of sp³-hybridized carbons (Fsp3) is 0.250. The van der Waals surface area contributed by atoms with Crippen LogP contribution in [-0.4, -0.2) is 11.4 Å². The molecule has 106 valence electrons. The lowest BCUT2D eigenvalue weighted by atomic mass is 10.1. The lowest BCUT2D eigenvalue weighted by molar-refractivity contribution is 0.268. The van der Waals surface area contributed by atoms with Crippen molar-refractivity contribution < 1.29 is 4.39 Å². The molecule has 0 fully saturated rings. The minimum absolute atomic E-state index is 0.267. The second kappa shape index (κ2) is 6.73. The standard InChI is InChI=1S/C16H18ClFN2/c1-2-20(11-13-5-3-4-6-16(13)19)10-12-7-8-14(17)9-15(12)18/h3-9H,2,10-11,19H2,1H3. The van der Waals surface area contributed by atoms with Crippen LogP contribution in [0.3, 0.4) is 0 Å². The molecule has 0 spiro atoms. The first-order valence-corrected chi connectivity index (χ1v) is 6.97. The van der Waals surface area contributed by atoms with Crippen molar-refractivity contribution >= 4 is 17.3 Å². The topological polar surface area (TPSA) is 29.3 Å². The highest BCUT2D eigenvalue weighted by Crippen LogP contribution is 2.19. The van der Waals surface area contributed by atoms with Crippen molar-refractivity contribution in [3.05, 3.63) is 64.4 Å². The van der Waals surface area contributed by atoms with E-state index in [-0.39, 0.29) is 5.82 Å². The summed E-state index contributed by atoms with van der Waals surface area (Å²) in [5.74, 6) is -0.267. The molecule has 0 bridgehead atoms. The van der Waals surface area contributed by atoms with Crippen LogP contribution in [0.2, 0.25) is 5.02 Å². The second-order valence-electron chi connectivity index (χ2n) is 4.74. The molecule has 0 aliphatic heterocycles. The van der Waals surface area contributed by atoms with Crippen LogP contribution in [0.5, 0.6) is 0 Å². The number of hydrogen-bond donors (Lipinski definition) is 1. The van der Waals surface area contributed by atoms with Gasteiger partial charge in [0, 0.05) is 29.4 Å². The summed E-state index contributed by atoms with van der Waals surface area (Å²) in [5.41, 5.74) is 8.42. The average Bonchev–Trinajstić information content (AvgIpc) is 2.43. The van der Waals surface area contributed by atoms with Gasteiger partial charge in [-0.1, -0.05) is 42.8 Å². The van der Waals surface area contributed by atoms with Crippen molar-refractivity contribution in [1.82, 2.24) is 4.90 Å². The summed E-state index contributed by atoms with van der Waals surface area (Å²) in [6.07, 6.45) is 0. The summed E-state index contributed by atoms with van der Waals surface area (Å²) in [4.78, 5) is 2.14. The van der Waals surface area contributed by atoms with E-state index in [1.807, 2.05) is 31.2 Å². The van der Waals surface area contributed by atoms with E-state index >= 15 is 0 Å². The Morgan fingerprint density at radius 3 is 2.45 bits per heavy atom. The number of nitrogen functional groups attached to an aromatic ring is 1. The highest BCUT2D eigenvalue weighted by molar-refractivity contribution is 6.30. The van der Waals surface area contributed by atoms with Gasteiger partial charge in [0.25, 0.3) is 0 Å². The molecule has 2 aromatic rings. The quantitative estimate of drug-likeness (QED) is 0.841. The van der Waals surface area contributed by atoms with Crippen molar-refractivity contribution in [2.75, 3.05) is 12.3 Å². The maximum absolute atomic E-state index is 13.8. The lowest BCUT2D eigenvalue weighted by Gasteiger charge is -2.21. The Morgan fingerprint density at radius 2 is 1.80 bits per heavy atom. The van der Waals surface area contributed by atoms with Gasteiger partial charge in [0.1, 0.15) is 5.82 Å². The van der Waals surface area contributed by atoms with Gasteiger partial charge in [0.05, 0.1) is 0 Å². The van der Waals surface area contributed by atoms with Gasteiger partial charge < -0.3 is 5.73 Å². The molecule has 2 N–H and O–H groups in total.